The van der Waals surface area contributed by atoms with Crippen LogP contribution in [0, 0.1) is 29.1 Å². The number of para-hydroxylation sites is 1. The van der Waals surface area contributed by atoms with Crippen molar-refractivity contribution in [2.75, 3.05) is 53.3 Å². The Hall–Kier alpha value is -4.04. The summed E-state index contributed by atoms with van der Waals surface area (Å²) in [5.41, 5.74) is 10.6. The number of aliphatic hydroxyl groups is 2. The van der Waals surface area contributed by atoms with Crippen LogP contribution in [0.1, 0.15) is 75.6 Å². The SMILES string of the molecule is COc1c(CN2O[C@@H](CN)[C@@H]([C@H](C)O)[C@H]2C(=O)N[C@H]2C[C@@H](C)C(C)(C)[C@@H](C)[C@@H]2C)cccc1-c1cc(C(=O)N[C@H](CN(C)C)[C@H](O)c2ccccc2)cc(N(C)C)c1. The second-order valence-electron chi connectivity index (χ2n) is 17.8. The van der Waals surface area contributed by atoms with E-state index in [0.717, 1.165) is 34.4 Å². The minimum atomic E-state index is -0.919. The molecular weight excluding hydrogens is 733 g/mol. The minimum Gasteiger partial charge on any atom is -0.496 e. The Labute approximate surface area is 346 Å². The number of hydroxylamine groups is 2. The van der Waals surface area contributed by atoms with Crippen molar-refractivity contribution in [2.45, 2.75) is 90.9 Å². The molecule has 2 fully saturated rings. The molecule has 6 N–H and O–H groups in total. The van der Waals surface area contributed by atoms with Crippen molar-refractivity contribution in [3.8, 4) is 16.9 Å². The molecule has 0 unspecified atom stereocenters. The van der Waals surface area contributed by atoms with Gasteiger partial charge in [-0.25, -0.2) is 0 Å². The van der Waals surface area contributed by atoms with E-state index in [-0.39, 0.29) is 42.3 Å². The minimum absolute atomic E-state index is 0.0213. The molecule has 318 valence electrons. The Kier molecular flexibility index (Phi) is 14.7. The van der Waals surface area contributed by atoms with E-state index in [2.05, 4.69) is 45.3 Å². The molecule has 0 aromatic heterocycles. The van der Waals surface area contributed by atoms with Crippen molar-refractivity contribution in [3.05, 3.63) is 83.4 Å². The Balaban J connectivity index is 1.47. The van der Waals surface area contributed by atoms with Gasteiger partial charge in [0.05, 0.1) is 31.9 Å². The van der Waals surface area contributed by atoms with Crippen LogP contribution in [0.5, 0.6) is 5.75 Å². The number of hydrogen-bond acceptors (Lipinski definition) is 10. The molecular formula is C46H68N6O6. The number of nitrogens with one attached hydrogen (secondary N) is 2. The molecule has 1 saturated carbocycles. The monoisotopic (exact) mass is 801 g/mol. The van der Waals surface area contributed by atoms with Crippen LogP contribution in [0.15, 0.2) is 66.7 Å². The molecule has 12 nitrogen and oxygen atoms in total. The third-order valence-corrected chi connectivity index (χ3v) is 13.3. The van der Waals surface area contributed by atoms with E-state index in [9.17, 15) is 19.8 Å². The molecule has 2 aliphatic rings. The summed E-state index contributed by atoms with van der Waals surface area (Å²) in [4.78, 5) is 38.8. The largest absolute Gasteiger partial charge is 0.496 e. The summed E-state index contributed by atoms with van der Waals surface area (Å²) in [5, 5.41) is 30.6. The lowest BCUT2D eigenvalue weighted by molar-refractivity contribution is -0.174. The van der Waals surface area contributed by atoms with Gasteiger partial charge < -0.3 is 41.1 Å². The maximum absolute atomic E-state index is 14.4. The van der Waals surface area contributed by atoms with E-state index in [1.165, 1.54) is 0 Å². The summed E-state index contributed by atoms with van der Waals surface area (Å²) in [6.07, 6.45) is -1.48. The fraction of sp³-hybridized carbons (Fsp3) is 0.565. The predicted octanol–water partition coefficient (Wildman–Crippen LogP) is 5.08. The van der Waals surface area contributed by atoms with Crippen LogP contribution >= 0.6 is 0 Å². The average molecular weight is 801 g/mol. The lowest BCUT2D eigenvalue weighted by Crippen LogP contribution is -2.56. The molecule has 10 atom stereocenters. The number of rotatable bonds is 15. The molecule has 0 radical (unpaired) electrons. The summed E-state index contributed by atoms with van der Waals surface area (Å²) in [7, 11) is 9.25. The van der Waals surface area contributed by atoms with Gasteiger partial charge in [-0.3, -0.25) is 14.4 Å². The van der Waals surface area contributed by atoms with Crippen LogP contribution in [-0.2, 0) is 16.2 Å². The molecule has 1 heterocycles. The van der Waals surface area contributed by atoms with Gasteiger partial charge in [-0.2, -0.15) is 5.06 Å². The summed E-state index contributed by atoms with van der Waals surface area (Å²) in [5.74, 6) is 0.564. The Bertz CT molecular complexity index is 1850. The zero-order valence-corrected chi connectivity index (χ0v) is 36.4. The Morgan fingerprint density at radius 1 is 1.02 bits per heavy atom. The van der Waals surface area contributed by atoms with E-state index in [1.807, 2.05) is 105 Å². The van der Waals surface area contributed by atoms with Crippen LogP contribution in [-0.4, -0.2) is 111 Å². The summed E-state index contributed by atoms with van der Waals surface area (Å²) < 4.78 is 6.12. The topological polar surface area (TPSA) is 153 Å². The van der Waals surface area contributed by atoms with E-state index < -0.39 is 36.3 Å². The third kappa shape index (κ3) is 9.70. The van der Waals surface area contributed by atoms with Crippen molar-refractivity contribution < 1.29 is 29.4 Å². The van der Waals surface area contributed by atoms with Crippen molar-refractivity contribution >= 4 is 17.5 Å². The zero-order valence-electron chi connectivity index (χ0n) is 36.4. The maximum atomic E-state index is 14.4. The van der Waals surface area contributed by atoms with Gasteiger partial charge in [-0.15, -0.1) is 0 Å². The Morgan fingerprint density at radius 2 is 1.71 bits per heavy atom. The molecule has 2 amide bonds. The molecule has 5 rings (SSSR count). The molecule has 0 bridgehead atoms. The van der Waals surface area contributed by atoms with Gasteiger partial charge in [0.1, 0.15) is 17.9 Å². The van der Waals surface area contributed by atoms with Crippen LogP contribution in [0.25, 0.3) is 11.1 Å². The lowest BCUT2D eigenvalue weighted by atomic mass is 9.58. The second-order valence-corrected chi connectivity index (χ2v) is 17.8. The van der Waals surface area contributed by atoms with Gasteiger partial charge in [-0.1, -0.05) is 83.1 Å². The lowest BCUT2D eigenvalue weighted by Gasteiger charge is -2.50. The fourth-order valence-corrected chi connectivity index (χ4v) is 9.01. The Morgan fingerprint density at radius 3 is 2.31 bits per heavy atom. The number of nitrogens with two attached hydrogens (primary N) is 1. The normalized spacial score (nSPS) is 26.2. The van der Waals surface area contributed by atoms with E-state index in [4.69, 9.17) is 15.3 Å². The standard InChI is InChI=1S/C46H68N6O6/c1-27-20-37(28(2)29(3)46(27,5)6)48-45(56)41-40(30(4)53)39(24-47)58-52(41)25-32-18-15-19-36(43(32)57-11)33-21-34(23-35(22-33)51(9)10)44(55)49-38(26-50(7)8)42(54)31-16-13-12-14-17-31/h12-19,21-23,27-30,37-42,53-54H,20,24-26,47H2,1-11H3,(H,48,56)(H,49,55)/t27-,28+,29+,30+,37+,38-,39+,40-,41+,42-/m1/s1. The molecule has 58 heavy (non-hydrogen) atoms. The number of aliphatic hydroxyl groups excluding tert-OH is 2. The summed E-state index contributed by atoms with van der Waals surface area (Å²) >= 11 is 0. The maximum Gasteiger partial charge on any atom is 0.251 e. The molecule has 12 heteroatoms. The molecule has 3 aromatic carbocycles. The number of carbonyl (C=O) groups is 2. The van der Waals surface area contributed by atoms with Gasteiger partial charge in [0, 0.05) is 61.5 Å². The van der Waals surface area contributed by atoms with Crippen LogP contribution in [0.3, 0.4) is 0 Å². The van der Waals surface area contributed by atoms with Crippen molar-refractivity contribution in [2.24, 2.45) is 34.8 Å². The third-order valence-electron chi connectivity index (χ3n) is 13.3. The van der Waals surface area contributed by atoms with Gasteiger partial charge in [0.25, 0.3) is 5.91 Å². The predicted molar refractivity (Wildman–Crippen MR) is 230 cm³/mol. The quantitative estimate of drug-likeness (QED) is 0.141. The van der Waals surface area contributed by atoms with E-state index in [1.54, 1.807) is 19.1 Å². The highest BCUT2D eigenvalue weighted by Gasteiger charge is 2.51. The molecule has 1 saturated heterocycles. The highest BCUT2D eigenvalue weighted by molar-refractivity contribution is 5.97. The first kappa shape index (κ1) is 45.1. The van der Waals surface area contributed by atoms with Gasteiger partial charge >= 0.3 is 0 Å². The van der Waals surface area contributed by atoms with Crippen LogP contribution in [0.4, 0.5) is 5.69 Å². The number of anilines is 1. The van der Waals surface area contributed by atoms with Gasteiger partial charge in [-0.05, 0) is 79.9 Å². The number of hydrogen-bond donors (Lipinski definition) is 5. The first-order valence-corrected chi connectivity index (χ1v) is 20.7. The highest BCUT2D eigenvalue weighted by atomic mass is 16.7. The van der Waals surface area contributed by atoms with E-state index >= 15 is 0 Å². The number of ether oxygens (including phenoxy) is 1. The molecule has 0 spiro atoms. The first-order valence-electron chi connectivity index (χ1n) is 20.7. The van der Waals surface area contributed by atoms with Crippen LogP contribution in [0.2, 0.25) is 0 Å². The van der Waals surface area contributed by atoms with Crippen molar-refractivity contribution in [1.29, 1.82) is 0 Å². The number of methoxy groups -OCH3 is 1. The second kappa shape index (κ2) is 18.9. The number of amides is 2. The average Bonchev–Trinajstić information content (AvgIpc) is 3.57. The molecule has 3 aromatic rings. The van der Waals surface area contributed by atoms with Crippen molar-refractivity contribution in [1.82, 2.24) is 20.6 Å². The van der Waals surface area contributed by atoms with Gasteiger partial charge in [0.15, 0.2) is 0 Å². The zero-order chi connectivity index (χ0) is 42.6. The summed E-state index contributed by atoms with van der Waals surface area (Å²) in [6.45, 7) is 13.8. The van der Waals surface area contributed by atoms with Crippen molar-refractivity contribution in [3.63, 3.8) is 0 Å². The number of benzene rings is 3. The number of nitrogens with zero attached hydrogens (tertiary/aromatic N) is 3. The smallest absolute Gasteiger partial charge is 0.251 e. The highest BCUT2D eigenvalue weighted by Crippen LogP contribution is 2.48. The summed E-state index contributed by atoms with van der Waals surface area (Å²) in [6, 6.07) is 19.4. The molecule has 1 aliphatic heterocycles. The van der Waals surface area contributed by atoms with Gasteiger partial charge in [0.2, 0.25) is 5.91 Å². The van der Waals surface area contributed by atoms with E-state index in [0.29, 0.717) is 29.7 Å². The fourth-order valence-electron chi connectivity index (χ4n) is 9.01. The van der Waals surface area contributed by atoms with Crippen LogP contribution < -0.4 is 26.0 Å². The number of carbonyl (C=O) groups excluding carboxylic acids is 2. The first-order chi connectivity index (χ1) is 27.4. The number of likely N-dealkylation sites (N-methyl/N-ethyl adjacent to an activating group) is 1. The molecule has 1 aliphatic carbocycles.